The lowest BCUT2D eigenvalue weighted by Gasteiger charge is -2.21. The van der Waals surface area contributed by atoms with Crippen LogP contribution in [0.15, 0.2) is 36.3 Å². The van der Waals surface area contributed by atoms with Crippen molar-refractivity contribution in [1.82, 2.24) is 20.5 Å². The van der Waals surface area contributed by atoms with Gasteiger partial charge in [-0.3, -0.25) is 10.1 Å². The molecular weight excluding hydrogens is 224 g/mol. The summed E-state index contributed by atoms with van der Waals surface area (Å²) in [5.41, 5.74) is 4.56. The Labute approximate surface area is 106 Å². The topological polar surface area (TPSA) is 53.6 Å². The van der Waals surface area contributed by atoms with Gasteiger partial charge in [0.05, 0.1) is 23.4 Å². The summed E-state index contributed by atoms with van der Waals surface area (Å²) in [7, 11) is 0. The summed E-state index contributed by atoms with van der Waals surface area (Å²) in [4.78, 5) is 4.53. The quantitative estimate of drug-likeness (QED) is 0.848. The van der Waals surface area contributed by atoms with Gasteiger partial charge in [-0.05, 0) is 25.0 Å². The predicted molar refractivity (Wildman–Crippen MR) is 72.8 cm³/mol. The van der Waals surface area contributed by atoms with Gasteiger partial charge in [-0.2, -0.15) is 5.10 Å². The number of rotatable bonds is 2. The first kappa shape index (κ1) is 11.0. The monoisotopic (exact) mass is 240 g/mol. The van der Waals surface area contributed by atoms with Crippen LogP contribution in [0.25, 0.3) is 16.5 Å². The standard InChI is InChI=1S/C14H16N4/c1-3-10-4-12(9(2)15-6-10)14-5-13-11(7-16-14)8-17-18-13/h4-9,15H,3H2,1-2H3,(H,17,18). The Bertz CT molecular complexity index is 636. The third-order valence-corrected chi connectivity index (χ3v) is 3.35. The van der Waals surface area contributed by atoms with E-state index < -0.39 is 0 Å². The molecule has 92 valence electrons. The largest absolute Gasteiger partial charge is 0.384 e. The van der Waals surface area contributed by atoms with Gasteiger partial charge in [0.2, 0.25) is 0 Å². The zero-order valence-corrected chi connectivity index (χ0v) is 10.6. The third-order valence-electron chi connectivity index (χ3n) is 3.35. The van der Waals surface area contributed by atoms with Crippen LogP contribution >= 0.6 is 0 Å². The number of nitrogens with one attached hydrogen (secondary N) is 2. The van der Waals surface area contributed by atoms with Crippen molar-refractivity contribution < 1.29 is 0 Å². The van der Waals surface area contributed by atoms with E-state index in [2.05, 4.69) is 52.7 Å². The summed E-state index contributed by atoms with van der Waals surface area (Å²) in [5, 5.41) is 11.4. The molecule has 3 heterocycles. The highest BCUT2D eigenvalue weighted by atomic mass is 15.1. The maximum Gasteiger partial charge on any atom is 0.0704 e. The highest BCUT2D eigenvalue weighted by Gasteiger charge is 2.15. The van der Waals surface area contributed by atoms with Crippen LogP contribution in [0.3, 0.4) is 0 Å². The van der Waals surface area contributed by atoms with Crippen LogP contribution in [0.2, 0.25) is 0 Å². The number of nitrogens with zero attached hydrogens (tertiary/aromatic N) is 2. The average molecular weight is 240 g/mol. The molecule has 1 unspecified atom stereocenters. The van der Waals surface area contributed by atoms with Crippen LogP contribution in [0.1, 0.15) is 26.0 Å². The van der Waals surface area contributed by atoms with E-state index >= 15 is 0 Å². The molecule has 0 fully saturated rings. The number of H-pyrrole nitrogens is 1. The molecule has 2 aromatic rings. The Morgan fingerprint density at radius 2 is 2.22 bits per heavy atom. The van der Waals surface area contributed by atoms with E-state index in [0.717, 1.165) is 23.0 Å². The van der Waals surface area contributed by atoms with Gasteiger partial charge in [0.15, 0.2) is 0 Å². The Hall–Kier alpha value is -2.10. The third kappa shape index (κ3) is 1.79. The minimum absolute atomic E-state index is 0.285. The fraction of sp³-hybridized carbons (Fsp3) is 0.286. The molecule has 0 amide bonds. The summed E-state index contributed by atoms with van der Waals surface area (Å²) < 4.78 is 0. The fourth-order valence-electron chi connectivity index (χ4n) is 2.18. The molecule has 4 heteroatoms. The zero-order chi connectivity index (χ0) is 12.5. The highest BCUT2D eigenvalue weighted by Crippen LogP contribution is 2.24. The second kappa shape index (κ2) is 4.29. The molecule has 2 aromatic heterocycles. The molecule has 4 nitrogen and oxygen atoms in total. The Balaban J connectivity index is 2.07. The summed E-state index contributed by atoms with van der Waals surface area (Å²) in [6, 6.07) is 2.35. The van der Waals surface area contributed by atoms with Crippen LogP contribution < -0.4 is 5.32 Å². The molecule has 1 aliphatic rings. The lowest BCUT2D eigenvalue weighted by Crippen LogP contribution is -2.25. The van der Waals surface area contributed by atoms with Gasteiger partial charge in [0, 0.05) is 23.4 Å². The van der Waals surface area contributed by atoms with Gasteiger partial charge in [-0.1, -0.05) is 13.0 Å². The summed E-state index contributed by atoms with van der Waals surface area (Å²) in [6.07, 6.45) is 9.00. The van der Waals surface area contributed by atoms with E-state index in [1.807, 2.05) is 6.20 Å². The highest BCUT2D eigenvalue weighted by molar-refractivity contribution is 5.82. The maximum absolute atomic E-state index is 4.53. The van der Waals surface area contributed by atoms with Crippen molar-refractivity contribution in [2.75, 3.05) is 0 Å². The van der Waals surface area contributed by atoms with Gasteiger partial charge in [-0.25, -0.2) is 0 Å². The smallest absolute Gasteiger partial charge is 0.0704 e. The van der Waals surface area contributed by atoms with Crippen LogP contribution in [0.5, 0.6) is 0 Å². The van der Waals surface area contributed by atoms with Crippen molar-refractivity contribution in [2.24, 2.45) is 0 Å². The minimum Gasteiger partial charge on any atom is -0.384 e. The van der Waals surface area contributed by atoms with Crippen LogP contribution in [-0.2, 0) is 0 Å². The van der Waals surface area contributed by atoms with Crippen LogP contribution in [0, 0.1) is 0 Å². The number of aromatic amines is 1. The van der Waals surface area contributed by atoms with E-state index in [9.17, 15) is 0 Å². The summed E-state index contributed by atoms with van der Waals surface area (Å²) >= 11 is 0. The maximum atomic E-state index is 4.53. The molecule has 0 aliphatic carbocycles. The molecule has 1 atom stereocenters. The molecule has 3 rings (SSSR count). The molecule has 2 N–H and O–H groups in total. The number of dihydropyridines is 1. The molecule has 0 radical (unpaired) electrons. The number of aromatic nitrogens is 3. The van der Waals surface area contributed by atoms with Crippen LogP contribution in [-0.4, -0.2) is 21.2 Å². The first-order chi connectivity index (χ1) is 8.78. The fourth-order valence-corrected chi connectivity index (χ4v) is 2.18. The average Bonchev–Trinajstić information content (AvgIpc) is 2.86. The Kier molecular flexibility index (Phi) is 2.63. The van der Waals surface area contributed by atoms with Crippen LogP contribution in [0.4, 0.5) is 0 Å². The van der Waals surface area contributed by atoms with E-state index in [4.69, 9.17) is 0 Å². The second-order valence-corrected chi connectivity index (χ2v) is 4.59. The van der Waals surface area contributed by atoms with E-state index in [0.29, 0.717) is 0 Å². The van der Waals surface area contributed by atoms with E-state index in [1.165, 1.54) is 11.1 Å². The first-order valence-corrected chi connectivity index (χ1v) is 6.24. The SMILES string of the molecule is CCC1=CNC(C)C(c2cc3[nH]ncc3cn2)=C1. The van der Waals surface area contributed by atoms with Crippen molar-refractivity contribution in [2.45, 2.75) is 26.3 Å². The molecule has 1 aliphatic heterocycles. The van der Waals surface area contributed by atoms with Gasteiger partial charge in [0.1, 0.15) is 0 Å². The van der Waals surface area contributed by atoms with E-state index in [1.54, 1.807) is 6.20 Å². The number of hydrogen-bond donors (Lipinski definition) is 2. The lowest BCUT2D eigenvalue weighted by molar-refractivity contribution is 0.762. The second-order valence-electron chi connectivity index (χ2n) is 4.59. The molecule has 18 heavy (non-hydrogen) atoms. The number of fused-ring (bicyclic) bond motifs is 1. The minimum atomic E-state index is 0.285. The summed E-state index contributed by atoms with van der Waals surface area (Å²) in [6.45, 7) is 4.30. The molecule has 0 saturated heterocycles. The molecule has 0 saturated carbocycles. The lowest BCUT2D eigenvalue weighted by atomic mass is 9.97. The number of pyridine rings is 1. The Morgan fingerprint density at radius 3 is 3.06 bits per heavy atom. The predicted octanol–water partition coefficient (Wildman–Crippen LogP) is 2.63. The van der Waals surface area contributed by atoms with Crippen molar-refractivity contribution in [3.05, 3.63) is 42.0 Å². The molecule has 0 spiro atoms. The molecular formula is C14H16N4. The molecule has 0 aromatic carbocycles. The molecule has 0 bridgehead atoms. The van der Waals surface area contributed by atoms with Gasteiger partial charge >= 0.3 is 0 Å². The normalized spacial score (nSPS) is 19.3. The van der Waals surface area contributed by atoms with Gasteiger partial charge < -0.3 is 5.32 Å². The van der Waals surface area contributed by atoms with Crippen molar-refractivity contribution in [3.8, 4) is 0 Å². The van der Waals surface area contributed by atoms with Crippen molar-refractivity contribution in [3.63, 3.8) is 0 Å². The number of hydrogen-bond acceptors (Lipinski definition) is 3. The van der Waals surface area contributed by atoms with Crippen molar-refractivity contribution in [1.29, 1.82) is 0 Å². The first-order valence-electron chi connectivity index (χ1n) is 6.24. The zero-order valence-electron chi connectivity index (χ0n) is 10.6. The van der Waals surface area contributed by atoms with E-state index in [-0.39, 0.29) is 6.04 Å². The number of allylic oxidation sites excluding steroid dienone is 2. The van der Waals surface area contributed by atoms with Crippen molar-refractivity contribution >= 4 is 16.5 Å². The Morgan fingerprint density at radius 1 is 1.33 bits per heavy atom. The van der Waals surface area contributed by atoms with Gasteiger partial charge in [-0.15, -0.1) is 0 Å². The van der Waals surface area contributed by atoms with Gasteiger partial charge in [0.25, 0.3) is 0 Å². The summed E-state index contributed by atoms with van der Waals surface area (Å²) in [5.74, 6) is 0.